The molecule has 0 aliphatic carbocycles. The second-order valence-corrected chi connectivity index (χ2v) is 8.30. The zero-order chi connectivity index (χ0) is 21.2. The predicted molar refractivity (Wildman–Crippen MR) is 123 cm³/mol. The molecule has 0 unspecified atom stereocenters. The first-order valence-corrected chi connectivity index (χ1v) is 10.7. The lowest BCUT2D eigenvalue weighted by atomic mass is 9.93. The van der Waals surface area contributed by atoms with Crippen LogP contribution in [0.15, 0.2) is 91.1 Å². The Balaban J connectivity index is 1.55. The first-order valence-electron chi connectivity index (χ1n) is 9.93. The van der Waals surface area contributed by atoms with Gasteiger partial charge in [0.1, 0.15) is 0 Å². The topological polar surface area (TPSA) is 50.3 Å². The van der Waals surface area contributed by atoms with E-state index >= 15 is 0 Å². The number of benzene rings is 2. The minimum Gasteiger partial charge on any atom is -0.269 e. The maximum atomic E-state index is 13.4. The van der Waals surface area contributed by atoms with Crippen molar-refractivity contribution in [2.45, 2.75) is 6.54 Å². The molecule has 1 aliphatic rings. The zero-order valence-electron chi connectivity index (χ0n) is 16.6. The van der Waals surface area contributed by atoms with Crippen LogP contribution in [0.2, 0.25) is 0 Å². The lowest BCUT2D eigenvalue weighted by Crippen LogP contribution is -2.41. The third kappa shape index (κ3) is 3.71. The predicted octanol–water partition coefficient (Wildman–Crippen LogP) is 5.53. The summed E-state index contributed by atoms with van der Waals surface area (Å²) in [6, 6.07) is 27.0. The van der Waals surface area contributed by atoms with Crippen LogP contribution in [0.3, 0.4) is 0 Å². The van der Waals surface area contributed by atoms with Gasteiger partial charge in [-0.2, -0.15) is 0 Å². The molecule has 150 valence electrons. The Morgan fingerprint density at radius 2 is 1.52 bits per heavy atom. The van der Waals surface area contributed by atoms with Crippen molar-refractivity contribution in [1.82, 2.24) is 9.88 Å². The van der Waals surface area contributed by atoms with Crippen LogP contribution in [0.5, 0.6) is 0 Å². The lowest BCUT2D eigenvalue weighted by molar-refractivity contribution is -0.123. The molecule has 4 aromatic rings. The average molecular weight is 423 g/mol. The lowest BCUT2D eigenvalue weighted by Gasteiger charge is -2.28. The number of amides is 2. The van der Waals surface area contributed by atoms with Gasteiger partial charge in [0.05, 0.1) is 12.2 Å². The first-order chi connectivity index (χ1) is 15.2. The smallest absolute Gasteiger partial charge is 0.261 e. The number of carbonyl (C=O) groups excluding carboxylic acids is 2. The van der Waals surface area contributed by atoms with Gasteiger partial charge < -0.3 is 0 Å². The van der Waals surface area contributed by atoms with Crippen LogP contribution >= 0.6 is 11.3 Å². The molecule has 2 aromatic carbocycles. The van der Waals surface area contributed by atoms with Gasteiger partial charge in [-0.3, -0.25) is 19.5 Å². The SMILES string of the molecule is O=C1/C(=C/c2ccc(-c3ccccc3)s2)c2ccccc2C(=O)N1Cc1ccccn1. The number of fused-ring (bicyclic) bond motifs is 1. The van der Waals surface area contributed by atoms with Crippen molar-refractivity contribution in [2.75, 3.05) is 0 Å². The van der Waals surface area contributed by atoms with Crippen LogP contribution in [-0.4, -0.2) is 21.7 Å². The Kier molecular flexibility index (Phi) is 5.02. The number of aromatic nitrogens is 1. The first kappa shape index (κ1) is 19.2. The number of pyridine rings is 1. The van der Waals surface area contributed by atoms with Gasteiger partial charge in [-0.05, 0) is 47.5 Å². The van der Waals surface area contributed by atoms with E-state index in [0.717, 1.165) is 15.3 Å². The summed E-state index contributed by atoms with van der Waals surface area (Å²) in [5, 5.41) is 0. The summed E-state index contributed by atoms with van der Waals surface area (Å²) in [6.07, 6.45) is 3.55. The molecule has 3 heterocycles. The van der Waals surface area contributed by atoms with Gasteiger partial charge >= 0.3 is 0 Å². The molecule has 0 fully saturated rings. The highest BCUT2D eigenvalue weighted by atomic mass is 32.1. The maximum absolute atomic E-state index is 13.4. The van der Waals surface area contributed by atoms with E-state index < -0.39 is 0 Å². The highest BCUT2D eigenvalue weighted by Gasteiger charge is 2.34. The maximum Gasteiger partial charge on any atom is 0.261 e. The molecule has 0 bridgehead atoms. The van der Waals surface area contributed by atoms with Crippen molar-refractivity contribution >= 4 is 34.8 Å². The number of imide groups is 1. The van der Waals surface area contributed by atoms with Gasteiger partial charge in [0.25, 0.3) is 11.8 Å². The minimum absolute atomic E-state index is 0.143. The summed E-state index contributed by atoms with van der Waals surface area (Å²) < 4.78 is 0. The fraction of sp³-hybridized carbons (Fsp3) is 0.0385. The second-order valence-electron chi connectivity index (χ2n) is 7.19. The molecule has 0 saturated carbocycles. The van der Waals surface area contributed by atoms with Crippen LogP contribution < -0.4 is 0 Å². The summed E-state index contributed by atoms with van der Waals surface area (Å²) in [6.45, 7) is 0.143. The molecule has 1 aliphatic heterocycles. The molecule has 2 aromatic heterocycles. The van der Waals surface area contributed by atoms with Gasteiger partial charge in [-0.25, -0.2) is 0 Å². The van der Waals surface area contributed by atoms with E-state index in [0.29, 0.717) is 22.4 Å². The van der Waals surface area contributed by atoms with Gasteiger partial charge in [-0.15, -0.1) is 11.3 Å². The fourth-order valence-electron chi connectivity index (χ4n) is 3.67. The van der Waals surface area contributed by atoms with Crippen molar-refractivity contribution < 1.29 is 9.59 Å². The monoisotopic (exact) mass is 422 g/mol. The Bertz CT molecular complexity index is 1290. The van der Waals surface area contributed by atoms with Crippen molar-refractivity contribution in [1.29, 1.82) is 0 Å². The van der Waals surface area contributed by atoms with Gasteiger partial charge in [-0.1, -0.05) is 54.6 Å². The van der Waals surface area contributed by atoms with E-state index in [1.807, 2.05) is 66.7 Å². The summed E-state index contributed by atoms with van der Waals surface area (Å²) >= 11 is 1.62. The zero-order valence-corrected chi connectivity index (χ0v) is 17.4. The molecule has 5 heteroatoms. The van der Waals surface area contributed by atoms with Crippen LogP contribution in [0.1, 0.15) is 26.5 Å². The summed E-state index contributed by atoms with van der Waals surface area (Å²) in [4.78, 5) is 34.1. The number of hydrogen-bond donors (Lipinski definition) is 0. The third-order valence-corrected chi connectivity index (χ3v) is 6.27. The summed E-state index contributed by atoms with van der Waals surface area (Å²) in [5.41, 5.74) is 3.53. The van der Waals surface area contributed by atoms with Crippen molar-refractivity contribution in [3.8, 4) is 10.4 Å². The van der Waals surface area contributed by atoms with Gasteiger partial charge in [0, 0.05) is 27.1 Å². The van der Waals surface area contributed by atoms with Crippen LogP contribution in [0.25, 0.3) is 22.1 Å². The second kappa shape index (κ2) is 8.13. The average Bonchev–Trinajstić information content (AvgIpc) is 3.29. The van der Waals surface area contributed by atoms with Crippen LogP contribution in [-0.2, 0) is 11.3 Å². The molecule has 0 spiro atoms. The summed E-state index contributed by atoms with van der Waals surface area (Å²) in [7, 11) is 0. The van der Waals surface area contributed by atoms with Crippen molar-refractivity contribution in [3.63, 3.8) is 0 Å². The normalized spacial score (nSPS) is 14.7. The minimum atomic E-state index is -0.302. The molecule has 5 rings (SSSR count). The Morgan fingerprint density at radius 1 is 0.774 bits per heavy atom. The summed E-state index contributed by atoms with van der Waals surface area (Å²) in [5.74, 6) is -0.594. The fourth-order valence-corrected chi connectivity index (χ4v) is 4.63. The Labute approximate surface area is 184 Å². The molecular weight excluding hydrogens is 404 g/mol. The van der Waals surface area contributed by atoms with Crippen LogP contribution in [0.4, 0.5) is 0 Å². The van der Waals surface area contributed by atoms with Crippen molar-refractivity contribution in [3.05, 3.63) is 113 Å². The highest BCUT2D eigenvalue weighted by molar-refractivity contribution is 7.16. The Morgan fingerprint density at radius 3 is 2.29 bits per heavy atom. The van der Waals surface area contributed by atoms with E-state index in [1.54, 1.807) is 23.6 Å². The number of nitrogens with zero attached hydrogens (tertiary/aromatic N) is 2. The molecule has 0 atom stereocenters. The molecule has 0 N–H and O–H groups in total. The number of thiophene rings is 1. The third-order valence-electron chi connectivity index (χ3n) is 5.19. The van der Waals surface area contributed by atoms with Gasteiger partial charge in [0.2, 0.25) is 0 Å². The largest absolute Gasteiger partial charge is 0.269 e. The van der Waals surface area contributed by atoms with E-state index in [9.17, 15) is 9.59 Å². The van der Waals surface area contributed by atoms with E-state index in [4.69, 9.17) is 0 Å². The van der Waals surface area contributed by atoms with E-state index in [2.05, 4.69) is 23.2 Å². The number of rotatable bonds is 4. The molecule has 4 nitrogen and oxygen atoms in total. The number of carbonyl (C=O) groups is 2. The van der Waals surface area contributed by atoms with Crippen LogP contribution in [0, 0.1) is 0 Å². The highest BCUT2D eigenvalue weighted by Crippen LogP contribution is 2.34. The van der Waals surface area contributed by atoms with E-state index in [-0.39, 0.29) is 18.4 Å². The standard InChI is InChI=1S/C26H18N2O2S/c29-25-22-12-5-4-11-21(22)23(26(30)28(25)17-19-10-6-7-15-27-19)16-20-13-14-24(31-20)18-8-2-1-3-9-18/h1-16H,17H2/b23-16+. The molecule has 0 saturated heterocycles. The van der Waals surface area contributed by atoms with Gasteiger partial charge in [0.15, 0.2) is 0 Å². The molecule has 0 radical (unpaired) electrons. The Hall–Kier alpha value is -3.83. The van der Waals surface area contributed by atoms with Crippen molar-refractivity contribution in [2.24, 2.45) is 0 Å². The molecule has 31 heavy (non-hydrogen) atoms. The van der Waals surface area contributed by atoms with E-state index in [1.165, 1.54) is 4.90 Å². The molecule has 2 amide bonds. The number of hydrogen-bond acceptors (Lipinski definition) is 4. The molecular formula is C26H18N2O2S. The quantitative estimate of drug-likeness (QED) is 0.321.